The normalized spacial score (nSPS) is 18.9. The van der Waals surface area contributed by atoms with E-state index in [-0.39, 0.29) is 6.03 Å². The Hall–Kier alpha value is -1.34. The molecule has 104 valence electrons. The van der Waals surface area contributed by atoms with Gasteiger partial charge in [0.2, 0.25) is 0 Å². The van der Waals surface area contributed by atoms with Crippen LogP contribution in [0.3, 0.4) is 0 Å². The molecule has 1 atom stereocenters. The number of thioether (sulfide) groups is 1. The van der Waals surface area contributed by atoms with E-state index in [9.17, 15) is 18.7 Å². The zero-order chi connectivity index (χ0) is 13.8. The number of nitrogens with zero attached hydrogens (tertiary/aromatic N) is 1. The molecular formula is C12H14F2N2O2S. The molecule has 19 heavy (non-hydrogen) atoms. The fraction of sp³-hybridized carbons (Fsp3) is 0.417. The highest BCUT2D eigenvalue weighted by molar-refractivity contribution is 7.99. The Labute approximate surface area is 113 Å². The summed E-state index contributed by atoms with van der Waals surface area (Å²) < 4.78 is 24.3. The number of carbonyl (C=O) groups is 1. The first-order valence-electron chi connectivity index (χ1n) is 5.83. The van der Waals surface area contributed by atoms with Crippen molar-refractivity contribution in [3.05, 3.63) is 24.3 Å². The summed E-state index contributed by atoms with van der Waals surface area (Å²) in [5.41, 5.74) is 0.546. The lowest BCUT2D eigenvalue weighted by Gasteiger charge is -2.16. The van der Waals surface area contributed by atoms with Crippen molar-refractivity contribution in [3.8, 4) is 0 Å². The number of amides is 2. The van der Waals surface area contributed by atoms with E-state index in [4.69, 9.17) is 0 Å². The van der Waals surface area contributed by atoms with E-state index in [1.54, 1.807) is 12.1 Å². The first-order valence-corrected chi connectivity index (χ1v) is 6.71. The van der Waals surface area contributed by atoms with Gasteiger partial charge in [0.15, 0.2) is 0 Å². The molecule has 0 aromatic heterocycles. The summed E-state index contributed by atoms with van der Waals surface area (Å²) in [6, 6.07) is 5.94. The molecule has 4 nitrogen and oxygen atoms in total. The molecule has 0 saturated carbocycles. The average Bonchev–Trinajstić information content (AvgIpc) is 2.78. The summed E-state index contributed by atoms with van der Waals surface area (Å²) in [6.45, 7) is 0.845. The van der Waals surface area contributed by atoms with Gasteiger partial charge < -0.3 is 15.3 Å². The van der Waals surface area contributed by atoms with Crippen LogP contribution in [0, 0.1) is 0 Å². The van der Waals surface area contributed by atoms with Gasteiger partial charge in [0.05, 0.1) is 6.10 Å². The number of aliphatic hydroxyl groups excluding tert-OH is 1. The second-order valence-corrected chi connectivity index (χ2v) is 5.29. The molecule has 7 heteroatoms. The molecule has 1 aliphatic heterocycles. The molecule has 1 fully saturated rings. The Morgan fingerprint density at radius 2 is 2.11 bits per heavy atom. The Bertz CT molecular complexity index is 442. The van der Waals surface area contributed by atoms with Crippen LogP contribution in [0.1, 0.15) is 6.42 Å². The number of alkyl halides is 2. The van der Waals surface area contributed by atoms with Crippen LogP contribution in [-0.4, -0.2) is 41.0 Å². The number of nitrogens with one attached hydrogen (secondary N) is 1. The summed E-state index contributed by atoms with van der Waals surface area (Å²) in [6.07, 6.45) is 0.118. The van der Waals surface area contributed by atoms with Crippen molar-refractivity contribution < 1.29 is 18.7 Å². The molecule has 2 amide bonds. The zero-order valence-electron chi connectivity index (χ0n) is 10.1. The third kappa shape index (κ3) is 4.07. The number of halogens is 2. The lowest BCUT2D eigenvalue weighted by molar-refractivity contribution is 0.176. The second-order valence-electron chi connectivity index (χ2n) is 4.22. The highest BCUT2D eigenvalue weighted by Crippen LogP contribution is 2.26. The third-order valence-corrected chi connectivity index (χ3v) is 3.50. The van der Waals surface area contributed by atoms with Crippen molar-refractivity contribution in [3.63, 3.8) is 0 Å². The molecule has 2 N–H and O–H groups in total. The van der Waals surface area contributed by atoms with Crippen LogP contribution in [0.5, 0.6) is 0 Å². The fourth-order valence-electron chi connectivity index (χ4n) is 1.85. The first-order chi connectivity index (χ1) is 9.04. The van der Waals surface area contributed by atoms with Crippen LogP contribution in [-0.2, 0) is 0 Å². The largest absolute Gasteiger partial charge is 0.391 e. The Morgan fingerprint density at radius 3 is 2.63 bits per heavy atom. The Balaban J connectivity index is 1.90. The van der Waals surface area contributed by atoms with Gasteiger partial charge in [-0.15, -0.1) is 0 Å². The van der Waals surface area contributed by atoms with Gasteiger partial charge >= 0.3 is 6.03 Å². The summed E-state index contributed by atoms with van der Waals surface area (Å²) in [5, 5.41) is 12.0. The van der Waals surface area contributed by atoms with Gasteiger partial charge in [0.1, 0.15) is 0 Å². The minimum absolute atomic E-state index is 0.286. The fourth-order valence-corrected chi connectivity index (χ4v) is 2.35. The minimum Gasteiger partial charge on any atom is -0.391 e. The van der Waals surface area contributed by atoms with Gasteiger partial charge in [0.25, 0.3) is 5.76 Å². The molecule has 0 spiro atoms. The van der Waals surface area contributed by atoms with E-state index >= 15 is 0 Å². The van der Waals surface area contributed by atoms with E-state index in [1.807, 2.05) is 0 Å². The van der Waals surface area contributed by atoms with E-state index in [0.29, 0.717) is 41.9 Å². The van der Waals surface area contributed by atoms with Crippen LogP contribution in [0.2, 0.25) is 0 Å². The molecule has 2 rings (SSSR count). The highest BCUT2D eigenvalue weighted by atomic mass is 32.2. The lowest BCUT2D eigenvalue weighted by Crippen LogP contribution is -2.33. The van der Waals surface area contributed by atoms with E-state index in [1.165, 1.54) is 17.0 Å². The van der Waals surface area contributed by atoms with Crippen molar-refractivity contribution in [1.82, 2.24) is 4.90 Å². The van der Waals surface area contributed by atoms with Gasteiger partial charge in [-0.1, -0.05) is 11.8 Å². The van der Waals surface area contributed by atoms with Crippen LogP contribution < -0.4 is 5.32 Å². The van der Waals surface area contributed by atoms with Crippen molar-refractivity contribution in [2.75, 3.05) is 18.4 Å². The summed E-state index contributed by atoms with van der Waals surface area (Å²) in [5.74, 6) is -2.45. The number of anilines is 1. The number of aliphatic hydroxyl groups is 1. The summed E-state index contributed by atoms with van der Waals surface area (Å²) in [4.78, 5) is 13.8. The zero-order valence-corrected chi connectivity index (χ0v) is 10.9. The second kappa shape index (κ2) is 6.21. The molecule has 1 aromatic rings. The van der Waals surface area contributed by atoms with Crippen LogP contribution >= 0.6 is 11.8 Å². The predicted octanol–water partition coefficient (Wildman–Crippen LogP) is 2.60. The van der Waals surface area contributed by atoms with E-state index in [2.05, 4.69) is 5.32 Å². The number of hydrogen-bond donors (Lipinski definition) is 2. The van der Waals surface area contributed by atoms with Crippen LogP contribution in [0.4, 0.5) is 19.3 Å². The van der Waals surface area contributed by atoms with Crippen LogP contribution in [0.25, 0.3) is 0 Å². The molecule has 0 bridgehead atoms. The van der Waals surface area contributed by atoms with Gasteiger partial charge in [-0.3, -0.25) is 0 Å². The molecule has 1 saturated heterocycles. The maximum Gasteiger partial charge on any atom is 0.321 e. The smallest absolute Gasteiger partial charge is 0.321 e. The lowest BCUT2D eigenvalue weighted by atomic mass is 10.3. The van der Waals surface area contributed by atoms with Crippen molar-refractivity contribution in [2.24, 2.45) is 0 Å². The third-order valence-electron chi connectivity index (χ3n) is 2.78. The van der Waals surface area contributed by atoms with Crippen LogP contribution in [0.15, 0.2) is 29.2 Å². The molecule has 1 aliphatic rings. The maximum atomic E-state index is 12.1. The molecule has 0 radical (unpaired) electrons. The van der Waals surface area contributed by atoms with Gasteiger partial charge in [-0.25, -0.2) is 4.79 Å². The molecule has 1 aromatic carbocycles. The monoisotopic (exact) mass is 288 g/mol. The predicted molar refractivity (Wildman–Crippen MR) is 69.5 cm³/mol. The average molecular weight is 288 g/mol. The molecule has 1 unspecified atom stereocenters. The number of benzene rings is 1. The standard InChI is InChI=1S/C12H14F2N2O2S/c13-11(14)19-10-3-1-8(2-4-10)15-12(18)16-6-5-9(17)7-16/h1-4,9,11,17H,5-7H2,(H,15,18). The first kappa shape index (κ1) is 14.1. The number of urea groups is 1. The van der Waals surface area contributed by atoms with Gasteiger partial charge in [-0.05, 0) is 30.7 Å². The van der Waals surface area contributed by atoms with E-state index < -0.39 is 11.9 Å². The Kier molecular flexibility index (Phi) is 4.60. The van der Waals surface area contributed by atoms with Crippen molar-refractivity contribution in [2.45, 2.75) is 23.2 Å². The summed E-state index contributed by atoms with van der Waals surface area (Å²) in [7, 11) is 0. The Morgan fingerprint density at radius 1 is 1.42 bits per heavy atom. The SMILES string of the molecule is O=C(Nc1ccc(SC(F)F)cc1)N1CCC(O)C1. The van der Waals surface area contributed by atoms with Gasteiger partial charge in [0, 0.05) is 23.7 Å². The quantitative estimate of drug-likeness (QED) is 0.841. The minimum atomic E-state index is -2.45. The van der Waals surface area contributed by atoms with Crippen molar-refractivity contribution >= 4 is 23.5 Å². The summed E-state index contributed by atoms with van der Waals surface area (Å²) >= 11 is 0.462. The number of rotatable bonds is 3. The van der Waals surface area contributed by atoms with Gasteiger partial charge in [-0.2, -0.15) is 8.78 Å². The number of β-amino-alcohol motifs (C(OH)–C–C–N with tert-alkyl or cyclic N) is 1. The highest BCUT2D eigenvalue weighted by Gasteiger charge is 2.24. The maximum absolute atomic E-state index is 12.1. The number of likely N-dealkylation sites (tertiary alicyclic amines) is 1. The molecule has 1 heterocycles. The molecule has 0 aliphatic carbocycles. The molecular weight excluding hydrogens is 274 g/mol. The van der Waals surface area contributed by atoms with Crippen molar-refractivity contribution in [1.29, 1.82) is 0 Å². The number of carbonyl (C=O) groups excluding carboxylic acids is 1. The topological polar surface area (TPSA) is 52.6 Å². The van der Waals surface area contributed by atoms with E-state index in [0.717, 1.165) is 0 Å². The number of hydrogen-bond acceptors (Lipinski definition) is 3.